The summed E-state index contributed by atoms with van der Waals surface area (Å²) in [5.41, 5.74) is 0.910. The van der Waals surface area contributed by atoms with E-state index in [9.17, 15) is 0 Å². The van der Waals surface area contributed by atoms with Crippen LogP contribution in [0.15, 0.2) is 18.5 Å². The van der Waals surface area contributed by atoms with Gasteiger partial charge in [-0.25, -0.2) is 0 Å². The van der Waals surface area contributed by atoms with Crippen LogP contribution in [0, 0.1) is 0 Å². The lowest BCUT2D eigenvalue weighted by molar-refractivity contribution is 0.219. The standard InChI is InChI=1S/C12H14N4O/c1-12(2,3)11-15-14-10-8-4-5-13-6-9(8)17-7-16(10)11/h4-6H,7H2,1-3H3. The minimum atomic E-state index is -0.0425. The summed E-state index contributed by atoms with van der Waals surface area (Å²) in [4.78, 5) is 4.04. The molecule has 5 nitrogen and oxygen atoms in total. The fraction of sp³-hybridized carbons (Fsp3) is 0.417. The molecular weight excluding hydrogens is 216 g/mol. The first-order valence-corrected chi connectivity index (χ1v) is 5.58. The summed E-state index contributed by atoms with van der Waals surface area (Å²) in [6, 6.07) is 1.90. The maximum atomic E-state index is 5.66. The summed E-state index contributed by atoms with van der Waals surface area (Å²) in [5.74, 6) is 2.57. The van der Waals surface area contributed by atoms with Crippen LogP contribution in [0.3, 0.4) is 0 Å². The van der Waals surface area contributed by atoms with Crippen molar-refractivity contribution in [3.8, 4) is 17.1 Å². The Morgan fingerprint density at radius 3 is 2.88 bits per heavy atom. The third-order valence-corrected chi connectivity index (χ3v) is 2.80. The average Bonchev–Trinajstić information content (AvgIpc) is 2.72. The van der Waals surface area contributed by atoms with Crippen LogP contribution in [0.2, 0.25) is 0 Å². The summed E-state index contributed by atoms with van der Waals surface area (Å²) in [5, 5.41) is 8.55. The maximum Gasteiger partial charge on any atom is 0.170 e. The van der Waals surface area contributed by atoms with Gasteiger partial charge in [-0.1, -0.05) is 20.8 Å². The highest BCUT2D eigenvalue weighted by molar-refractivity contribution is 5.64. The number of rotatable bonds is 0. The van der Waals surface area contributed by atoms with Crippen LogP contribution in [-0.4, -0.2) is 19.7 Å². The minimum absolute atomic E-state index is 0.0425. The van der Waals surface area contributed by atoms with E-state index in [1.54, 1.807) is 12.4 Å². The Balaban J connectivity index is 2.20. The molecule has 0 aromatic carbocycles. The highest BCUT2D eigenvalue weighted by Gasteiger charge is 2.28. The van der Waals surface area contributed by atoms with E-state index in [1.807, 2.05) is 10.6 Å². The normalized spacial score (nSPS) is 13.8. The second-order valence-corrected chi connectivity index (χ2v) is 5.17. The highest BCUT2D eigenvalue weighted by atomic mass is 16.5. The van der Waals surface area contributed by atoms with Crippen LogP contribution in [0.25, 0.3) is 11.4 Å². The van der Waals surface area contributed by atoms with Gasteiger partial charge in [-0.2, -0.15) is 0 Å². The molecule has 0 spiro atoms. The molecule has 17 heavy (non-hydrogen) atoms. The van der Waals surface area contributed by atoms with Crippen molar-refractivity contribution < 1.29 is 4.74 Å². The molecule has 0 radical (unpaired) electrons. The predicted octanol–water partition coefficient (Wildman–Crippen LogP) is 1.99. The third-order valence-electron chi connectivity index (χ3n) is 2.80. The molecule has 2 aromatic heterocycles. The number of aromatic nitrogens is 4. The number of hydrogen-bond acceptors (Lipinski definition) is 4. The molecule has 0 fully saturated rings. The molecule has 3 heterocycles. The lowest BCUT2D eigenvalue weighted by Gasteiger charge is -2.23. The van der Waals surface area contributed by atoms with Crippen LogP contribution in [0.1, 0.15) is 26.6 Å². The number of pyridine rings is 1. The van der Waals surface area contributed by atoms with E-state index in [0.29, 0.717) is 6.73 Å². The maximum absolute atomic E-state index is 5.66. The van der Waals surface area contributed by atoms with E-state index in [2.05, 4.69) is 36.0 Å². The summed E-state index contributed by atoms with van der Waals surface area (Å²) in [6.07, 6.45) is 3.45. The van der Waals surface area contributed by atoms with Crippen molar-refractivity contribution in [3.05, 3.63) is 24.3 Å². The molecule has 0 amide bonds. The molecule has 5 heteroatoms. The van der Waals surface area contributed by atoms with E-state index in [4.69, 9.17) is 4.74 Å². The fourth-order valence-corrected chi connectivity index (χ4v) is 1.99. The van der Waals surface area contributed by atoms with E-state index in [1.165, 1.54) is 0 Å². The molecule has 2 aromatic rings. The first-order valence-electron chi connectivity index (χ1n) is 5.58. The van der Waals surface area contributed by atoms with Crippen molar-refractivity contribution in [2.75, 3.05) is 0 Å². The van der Waals surface area contributed by atoms with E-state index in [0.717, 1.165) is 23.0 Å². The third kappa shape index (κ3) is 1.50. The molecular formula is C12H14N4O. The number of ether oxygens (including phenoxy) is 1. The molecule has 88 valence electrons. The Kier molecular flexibility index (Phi) is 1.98. The van der Waals surface area contributed by atoms with E-state index < -0.39 is 0 Å². The van der Waals surface area contributed by atoms with Gasteiger partial charge in [0.15, 0.2) is 18.3 Å². The molecule has 0 bridgehead atoms. The van der Waals surface area contributed by atoms with Gasteiger partial charge in [0.1, 0.15) is 5.82 Å². The predicted molar refractivity (Wildman–Crippen MR) is 62.6 cm³/mol. The SMILES string of the molecule is CC(C)(C)c1nnc2n1COc1cnccc1-2. The topological polar surface area (TPSA) is 52.8 Å². The first kappa shape index (κ1) is 10.3. The summed E-state index contributed by atoms with van der Waals surface area (Å²) < 4.78 is 7.68. The van der Waals surface area contributed by atoms with Gasteiger partial charge in [0.05, 0.1) is 11.8 Å². The van der Waals surface area contributed by atoms with Crippen molar-refractivity contribution in [3.63, 3.8) is 0 Å². The largest absolute Gasteiger partial charge is 0.470 e. The van der Waals surface area contributed by atoms with Gasteiger partial charge in [-0.15, -0.1) is 10.2 Å². The zero-order valence-electron chi connectivity index (χ0n) is 10.1. The Morgan fingerprint density at radius 1 is 1.29 bits per heavy atom. The minimum Gasteiger partial charge on any atom is -0.470 e. The van der Waals surface area contributed by atoms with Gasteiger partial charge >= 0.3 is 0 Å². The summed E-state index contributed by atoms with van der Waals surface area (Å²) in [7, 11) is 0. The molecule has 0 saturated carbocycles. The molecule has 0 atom stereocenters. The van der Waals surface area contributed by atoms with Crippen LogP contribution >= 0.6 is 0 Å². The lowest BCUT2D eigenvalue weighted by Crippen LogP contribution is -2.23. The zero-order chi connectivity index (χ0) is 12.0. The lowest BCUT2D eigenvalue weighted by atomic mass is 9.95. The van der Waals surface area contributed by atoms with Gasteiger partial charge in [0.2, 0.25) is 0 Å². The van der Waals surface area contributed by atoms with Gasteiger partial charge in [0, 0.05) is 11.6 Å². The Hall–Kier alpha value is -1.91. The molecule has 0 N–H and O–H groups in total. The van der Waals surface area contributed by atoms with Crippen molar-refractivity contribution in [2.24, 2.45) is 0 Å². The van der Waals surface area contributed by atoms with Gasteiger partial charge < -0.3 is 4.74 Å². The van der Waals surface area contributed by atoms with Crippen LogP contribution in [0.5, 0.6) is 5.75 Å². The average molecular weight is 230 g/mol. The van der Waals surface area contributed by atoms with Crippen LogP contribution < -0.4 is 4.74 Å². The molecule has 0 unspecified atom stereocenters. The van der Waals surface area contributed by atoms with Crippen LogP contribution in [0.4, 0.5) is 0 Å². The van der Waals surface area contributed by atoms with E-state index >= 15 is 0 Å². The van der Waals surface area contributed by atoms with Crippen molar-refractivity contribution >= 4 is 0 Å². The van der Waals surface area contributed by atoms with Gasteiger partial charge in [-0.3, -0.25) is 9.55 Å². The van der Waals surface area contributed by atoms with Gasteiger partial charge in [-0.05, 0) is 6.07 Å². The summed E-state index contributed by atoms with van der Waals surface area (Å²) in [6.45, 7) is 6.80. The smallest absolute Gasteiger partial charge is 0.170 e. The number of hydrogen-bond donors (Lipinski definition) is 0. The quantitative estimate of drug-likeness (QED) is 0.694. The Morgan fingerprint density at radius 2 is 2.12 bits per heavy atom. The highest BCUT2D eigenvalue weighted by Crippen LogP contribution is 2.34. The van der Waals surface area contributed by atoms with Crippen molar-refractivity contribution in [2.45, 2.75) is 32.9 Å². The Bertz CT molecular complexity index is 568. The second-order valence-electron chi connectivity index (χ2n) is 5.17. The van der Waals surface area contributed by atoms with Crippen molar-refractivity contribution in [1.82, 2.24) is 19.7 Å². The summed E-state index contributed by atoms with van der Waals surface area (Å²) >= 11 is 0. The molecule has 0 saturated heterocycles. The fourth-order valence-electron chi connectivity index (χ4n) is 1.99. The second kappa shape index (κ2) is 3.29. The molecule has 1 aliphatic heterocycles. The van der Waals surface area contributed by atoms with Crippen molar-refractivity contribution in [1.29, 1.82) is 0 Å². The first-order chi connectivity index (χ1) is 8.07. The number of fused-ring (bicyclic) bond motifs is 3. The monoisotopic (exact) mass is 230 g/mol. The van der Waals surface area contributed by atoms with Crippen LogP contribution in [-0.2, 0) is 12.1 Å². The number of nitrogens with zero attached hydrogens (tertiary/aromatic N) is 4. The Labute approximate surface area is 99.5 Å². The molecule has 0 aliphatic carbocycles. The molecule has 3 rings (SSSR count). The molecule has 1 aliphatic rings. The van der Waals surface area contributed by atoms with E-state index in [-0.39, 0.29) is 5.41 Å². The van der Waals surface area contributed by atoms with Gasteiger partial charge in [0.25, 0.3) is 0 Å². The zero-order valence-corrected chi connectivity index (χ0v) is 10.1.